The maximum absolute atomic E-state index is 12.4. The van der Waals surface area contributed by atoms with Crippen LogP contribution in [0.1, 0.15) is 56.2 Å². The second-order valence-corrected chi connectivity index (χ2v) is 9.58. The van der Waals surface area contributed by atoms with Crippen LogP contribution in [0.15, 0.2) is 12.1 Å². The molecule has 178 valence electrons. The number of ketones is 1. The van der Waals surface area contributed by atoms with E-state index in [4.69, 9.17) is 9.47 Å². The van der Waals surface area contributed by atoms with Crippen LogP contribution in [0.5, 0.6) is 5.88 Å². The van der Waals surface area contributed by atoms with Crippen LogP contribution in [0.4, 0.5) is 13.2 Å². The topological polar surface area (TPSA) is 51.7 Å². The van der Waals surface area contributed by atoms with Crippen molar-refractivity contribution in [3.05, 3.63) is 23.4 Å². The number of hydrogen-bond acceptors (Lipinski definition) is 5. The number of alkyl halides is 3. The normalized spacial score (nSPS) is 24.6. The number of pyridine rings is 1. The van der Waals surface area contributed by atoms with Crippen LogP contribution in [0.3, 0.4) is 0 Å². The zero-order chi connectivity index (χ0) is 22.6. The molecule has 0 unspecified atom stereocenters. The lowest BCUT2D eigenvalue weighted by Gasteiger charge is -2.30. The lowest BCUT2D eigenvalue weighted by atomic mass is 9.91. The van der Waals surface area contributed by atoms with E-state index < -0.39 is 12.8 Å². The maximum Gasteiger partial charge on any atom is 0.422 e. The molecule has 0 aromatic carbocycles. The van der Waals surface area contributed by atoms with E-state index in [0.29, 0.717) is 37.1 Å². The number of rotatable bonds is 9. The van der Waals surface area contributed by atoms with Gasteiger partial charge in [0, 0.05) is 50.7 Å². The van der Waals surface area contributed by atoms with Gasteiger partial charge in [0.1, 0.15) is 5.78 Å². The van der Waals surface area contributed by atoms with Crippen molar-refractivity contribution in [2.24, 2.45) is 11.8 Å². The molecule has 2 fully saturated rings. The summed E-state index contributed by atoms with van der Waals surface area (Å²) >= 11 is 0. The Labute approximate surface area is 187 Å². The van der Waals surface area contributed by atoms with E-state index in [1.807, 2.05) is 6.07 Å². The first-order valence-corrected chi connectivity index (χ1v) is 11.9. The highest BCUT2D eigenvalue weighted by Gasteiger charge is 2.30. The second-order valence-electron chi connectivity index (χ2n) is 9.58. The van der Waals surface area contributed by atoms with Crippen molar-refractivity contribution in [1.82, 2.24) is 9.88 Å². The first-order valence-electron chi connectivity index (χ1n) is 11.9. The summed E-state index contributed by atoms with van der Waals surface area (Å²) in [6.45, 7) is 2.04. The Morgan fingerprint density at radius 3 is 2.56 bits per heavy atom. The van der Waals surface area contributed by atoms with Gasteiger partial charge in [0.15, 0.2) is 6.61 Å². The lowest BCUT2D eigenvalue weighted by Crippen LogP contribution is -2.33. The van der Waals surface area contributed by atoms with Gasteiger partial charge in [-0.15, -0.1) is 0 Å². The summed E-state index contributed by atoms with van der Waals surface area (Å²) in [5.74, 6) is 1.48. The number of carbonyl (C=O) groups excluding carboxylic acids is 1. The van der Waals surface area contributed by atoms with Gasteiger partial charge in [0.25, 0.3) is 0 Å². The fourth-order valence-corrected chi connectivity index (χ4v) is 4.69. The van der Waals surface area contributed by atoms with Gasteiger partial charge in [0.05, 0.1) is 12.7 Å². The Balaban J connectivity index is 1.16. The highest BCUT2D eigenvalue weighted by Crippen LogP contribution is 2.34. The summed E-state index contributed by atoms with van der Waals surface area (Å²) in [6, 6.07) is 3.37. The summed E-state index contributed by atoms with van der Waals surface area (Å²) < 4.78 is 48.0. The first-order chi connectivity index (χ1) is 15.3. The smallest absolute Gasteiger partial charge is 0.422 e. The molecule has 1 saturated carbocycles. The van der Waals surface area contributed by atoms with Crippen molar-refractivity contribution in [2.75, 3.05) is 32.8 Å². The number of halogens is 3. The van der Waals surface area contributed by atoms with Gasteiger partial charge in [-0.2, -0.15) is 13.2 Å². The largest absolute Gasteiger partial charge is 0.468 e. The molecule has 5 nitrogen and oxygen atoms in total. The Morgan fingerprint density at radius 1 is 1.09 bits per heavy atom. The molecule has 32 heavy (non-hydrogen) atoms. The number of aromatic nitrogens is 1. The molecule has 1 aliphatic carbocycles. The Hall–Kier alpha value is -1.67. The minimum atomic E-state index is -4.36. The zero-order valence-electron chi connectivity index (χ0n) is 18.5. The van der Waals surface area contributed by atoms with Crippen LogP contribution < -0.4 is 4.74 Å². The molecular formula is C24H33F3N2O3. The van der Waals surface area contributed by atoms with Gasteiger partial charge in [0.2, 0.25) is 5.88 Å². The van der Waals surface area contributed by atoms with Crippen molar-refractivity contribution >= 4 is 5.78 Å². The Morgan fingerprint density at radius 2 is 1.84 bits per heavy atom. The average Bonchev–Trinajstić information content (AvgIpc) is 3.58. The Bertz CT molecular complexity index is 774. The molecule has 0 bridgehead atoms. The molecule has 0 spiro atoms. The van der Waals surface area contributed by atoms with Crippen LogP contribution in [-0.4, -0.2) is 60.8 Å². The van der Waals surface area contributed by atoms with Crippen LogP contribution >= 0.6 is 0 Å². The zero-order valence-corrected chi connectivity index (χ0v) is 18.5. The predicted molar refractivity (Wildman–Crippen MR) is 114 cm³/mol. The van der Waals surface area contributed by atoms with Crippen molar-refractivity contribution in [1.29, 1.82) is 0 Å². The summed E-state index contributed by atoms with van der Waals surface area (Å²) in [5, 5.41) is 0. The van der Waals surface area contributed by atoms with Gasteiger partial charge in [-0.1, -0.05) is 6.07 Å². The van der Waals surface area contributed by atoms with E-state index in [9.17, 15) is 18.0 Å². The molecule has 3 aliphatic rings. The SMILES string of the molecule is O=C(CC1CC1)C[C@H]1CC[C@H](CCN2CCc3ccc(OCC(F)(F)F)nc3CC2)OC1. The molecule has 1 saturated heterocycles. The van der Waals surface area contributed by atoms with Crippen molar-refractivity contribution in [2.45, 2.75) is 70.1 Å². The molecule has 0 radical (unpaired) electrons. The van der Waals surface area contributed by atoms with Crippen LogP contribution in [-0.2, 0) is 22.4 Å². The van der Waals surface area contributed by atoms with Gasteiger partial charge in [-0.05, 0) is 55.9 Å². The van der Waals surface area contributed by atoms with Crippen LogP contribution in [0.25, 0.3) is 0 Å². The summed E-state index contributed by atoms with van der Waals surface area (Å²) in [7, 11) is 0. The monoisotopic (exact) mass is 454 g/mol. The molecular weight excluding hydrogens is 421 g/mol. The lowest BCUT2D eigenvalue weighted by molar-refractivity contribution is -0.154. The number of hydrogen-bond donors (Lipinski definition) is 0. The number of carbonyl (C=O) groups is 1. The Kier molecular flexibility index (Phi) is 7.71. The fraction of sp³-hybridized carbons (Fsp3) is 0.750. The van der Waals surface area contributed by atoms with Crippen LogP contribution in [0, 0.1) is 11.8 Å². The van der Waals surface area contributed by atoms with E-state index in [1.165, 1.54) is 18.9 Å². The molecule has 1 aromatic heterocycles. The quantitative estimate of drug-likeness (QED) is 0.555. The number of Topliss-reactive ketones (excluding diaryl/α,β-unsaturated/α-hetero) is 1. The summed E-state index contributed by atoms with van der Waals surface area (Å²) in [6.07, 6.45) is 4.35. The van der Waals surface area contributed by atoms with Crippen molar-refractivity contribution in [3.8, 4) is 5.88 Å². The minimum Gasteiger partial charge on any atom is -0.468 e. The third-order valence-corrected chi connectivity index (χ3v) is 6.75. The van der Waals surface area contributed by atoms with Gasteiger partial charge < -0.3 is 14.4 Å². The van der Waals surface area contributed by atoms with Gasteiger partial charge >= 0.3 is 6.18 Å². The van der Waals surface area contributed by atoms with Crippen molar-refractivity contribution in [3.63, 3.8) is 0 Å². The minimum absolute atomic E-state index is 0.0373. The fourth-order valence-electron chi connectivity index (χ4n) is 4.69. The van der Waals surface area contributed by atoms with E-state index >= 15 is 0 Å². The molecule has 2 atom stereocenters. The third-order valence-electron chi connectivity index (χ3n) is 6.75. The van der Waals surface area contributed by atoms with Crippen LogP contribution in [0.2, 0.25) is 0 Å². The number of ether oxygens (including phenoxy) is 2. The number of nitrogens with zero attached hydrogens (tertiary/aromatic N) is 2. The maximum atomic E-state index is 12.4. The molecule has 2 aliphatic heterocycles. The predicted octanol–water partition coefficient (Wildman–Crippen LogP) is 4.37. The van der Waals surface area contributed by atoms with E-state index in [2.05, 4.69) is 9.88 Å². The molecule has 0 N–H and O–H groups in total. The van der Waals surface area contributed by atoms with Gasteiger partial charge in [-0.25, -0.2) is 4.98 Å². The average molecular weight is 455 g/mol. The summed E-state index contributed by atoms with van der Waals surface area (Å²) in [4.78, 5) is 18.8. The first kappa shape index (κ1) is 23.5. The molecule has 4 rings (SSSR count). The second kappa shape index (κ2) is 10.5. The van der Waals surface area contributed by atoms with Crippen molar-refractivity contribution < 1.29 is 27.4 Å². The van der Waals surface area contributed by atoms with E-state index in [1.54, 1.807) is 0 Å². The van der Waals surface area contributed by atoms with E-state index in [0.717, 1.165) is 63.0 Å². The summed E-state index contributed by atoms with van der Waals surface area (Å²) in [5.41, 5.74) is 1.92. The highest BCUT2D eigenvalue weighted by molar-refractivity contribution is 5.79. The third kappa shape index (κ3) is 7.44. The van der Waals surface area contributed by atoms with Gasteiger partial charge in [-0.3, -0.25) is 4.79 Å². The molecule has 0 amide bonds. The number of fused-ring (bicyclic) bond motifs is 1. The highest BCUT2D eigenvalue weighted by atomic mass is 19.4. The molecule has 8 heteroatoms. The standard InChI is InChI=1S/C24H33F3N2O3/c25-24(26,27)16-32-23-6-4-19-7-10-29(12-9-22(19)28-23)11-8-21-5-3-18(15-31-21)14-20(30)13-17-1-2-17/h4,6,17-18,21H,1-3,5,7-16H2/t18-,21-/m1/s1. The molecule has 3 heterocycles. The molecule has 1 aromatic rings. The van der Waals surface area contributed by atoms with E-state index in [-0.39, 0.29) is 12.0 Å².